The van der Waals surface area contributed by atoms with Crippen LogP contribution in [0.25, 0.3) is 0 Å². The van der Waals surface area contributed by atoms with E-state index in [1.165, 1.54) is 43.2 Å². The van der Waals surface area contributed by atoms with Gasteiger partial charge in [-0.25, -0.2) is 0 Å². The molecule has 1 N–H and O–H groups in total. The highest BCUT2D eigenvalue weighted by molar-refractivity contribution is 5.27. The quantitative estimate of drug-likeness (QED) is 0.772. The number of pyridine rings is 1. The van der Waals surface area contributed by atoms with Gasteiger partial charge in [0.2, 0.25) is 0 Å². The summed E-state index contributed by atoms with van der Waals surface area (Å²) in [5, 5.41) is 3.49. The lowest BCUT2D eigenvalue weighted by atomic mass is 9.86. The number of rotatable bonds is 2. The highest BCUT2D eigenvalue weighted by Crippen LogP contribution is 2.32. The first-order chi connectivity index (χ1) is 7.83. The molecule has 1 heterocycles. The Hall–Kier alpha value is -0.890. The van der Waals surface area contributed by atoms with E-state index in [-0.39, 0.29) is 0 Å². The molecular weight excluding hydrogens is 196 g/mol. The third kappa shape index (κ3) is 2.43. The van der Waals surface area contributed by atoms with Gasteiger partial charge in [-0.2, -0.15) is 0 Å². The van der Waals surface area contributed by atoms with Crippen molar-refractivity contribution >= 4 is 0 Å². The second kappa shape index (κ2) is 5.44. The van der Waals surface area contributed by atoms with E-state index in [9.17, 15) is 0 Å². The maximum atomic E-state index is 4.29. The summed E-state index contributed by atoms with van der Waals surface area (Å²) in [6.45, 7) is 2.20. The molecule has 0 aliphatic heterocycles. The molecule has 0 spiro atoms. The molecule has 1 aliphatic rings. The standard InChI is InChI=1S/C14H22N2/c1-11-8-9-16-10-13(11)12-6-4-3-5-7-14(12)15-2/h8-10,12,14-15H,3-7H2,1-2H3. The molecule has 0 aromatic carbocycles. The molecule has 1 aromatic heterocycles. The van der Waals surface area contributed by atoms with Crippen LogP contribution in [0.2, 0.25) is 0 Å². The summed E-state index contributed by atoms with van der Waals surface area (Å²) >= 11 is 0. The minimum absolute atomic E-state index is 0.630. The summed E-state index contributed by atoms with van der Waals surface area (Å²) in [7, 11) is 2.09. The number of aryl methyl sites for hydroxylation is 1. The fourth-order valence-corrected chi connectivity index (χ4v) is 2.89. The van der Waals surface area contributed by atoms with Crippen LogP contribution in [-0.2, 0) is 0 Å². The maximum absolute atomic E-state index is 4.29. The van der Waals surface area contributed by atoms with Crippen LogP contribution in [0.5, 0.6) is 0 Å². The van der Waals surface area contributed by atoms with Gasteiger partial charge in [0.1, 0.15) is 0 Å². The van der Waals surface area contributed by atoms with Gasteiger partial charge in [-0.1, -0.05) is 19.3 Å². The topological polar surface area (TPSA) is 24.9 Å². The van der Waals surface area contributed by atoms with Gasteiger partial charge in [0.05, 0.1) is 0 Å². The molecule has 2 rings (SSSR count). The summed E-state index contributed by atoms with van der Waals surface area (Å²) in [5.41, 5.74) is 2.84. The summed E-state index contributed by atoms with van der Waals surface area (Å²) in [6, 6.07) is 2.76. The number of hydrogen-bond acceptors (Lipinski definition) is 2. The van der Waals surface area contributed by atoms with Crippen molar-refractivity contribution in [3.05, 3.63) is 29.6 Å². The molecule has 1 saturated carbocycles. The van der Waals surface area contributed by atoms with E-state index in [1.54, 1.807) is 0 Å². The molecular formula is C14H22N2. The molecule has 16 heavy (non-hydrogen) atoms. The van der Waals surface area contributed by atoms with E-state index < -0.39 is 0 Å². The van der Waals surface area contributed by atoms with Crippen LogP contribution in [-0.4, -0.2) is 18.1 Å². The van der Waals surface area contributed by atoms with Crippen molar-refractivity contribution in [1.29, 1.82) is 0 Å². The van der Waals surface area contributed by atoms with Crippen molar-refractivity contribution in [2.24, 2.45) is 0 Å². The van der Waals surface area contributed by atoms with Gasteiger partial charge in [0.25, 0.3) is 0 Å². The molecule has 0 bridgehead atoms. The molecule has 1 fully saturated rings. The van der Waals surface area contributed by atoms with Crippen molar-refractivity contribution in [2.45, 2.75) is 51.0 Å². The Morgan fingerprint density at radius 2 is 2.06 bits per heavy atom. The minimum atomic E-state index is 0.630. The van der Waals surface area contributed by atoms with Crippen molar-refractivity contribution in [3.63, 3.8) is 0 Å². The normalized spacial score (nSPS) is 26.4. The van der Waals surface area contributed by atoms with Gasteiger partial charge >= 0.3 is 0 Å². The Labute approximate surface area is 98.5 Å². The number of aromatic nitrogens is 1. The summed E-state index contributed by atoms with van der Waals surface area (Å²) in [6.07, 6.45) is 10.7. The van der Waals surface area contributed by atoms with Crippen molar-refractivity contribution in [2.75, 3.05) is 7.05 Å². The highest BCUT2D eigenvalue weighted by atomic mass is 14.9. The average molecular weight is 218 g/mol. The Morgan fingerprint density at radius 1 is 1.25 bits per heavy atom. The first kappa shape index (κ1) is 11.6. The van der Waals surface area contributed by atoms with Crippen LogP contribution < -0.4 is 5.32 Å². The zero-order chi connectivity index (χ0) is 11.4. The van der Waals surface area contributed by atoms with Gasteiger partial charge in [-0.15, -0.1) is 0 Å². The first-order valence-electron chi connectivity index (χ1n) is 6.40. The second-order valence-electron chi connectivity index (χ2n) is 4.87. The predicted octanol–water partition coefficient (Wildman–Crippen LogP) is 3.03. The molecule has 0 saturated heterocycles. The summed E-state index contributed by atoms with van der Waals surface area (Å²) < 4.78 is 0. The van der Waals surface area contributed by atoms with E-state index in [4.69, 9.17) is 0 Å². The predicted molar refractivity (Wildman–Crippen MR) is 67.6 cm³/mol. The molecule has 88 valence electrons. The van der Waals surface area contributed by atoms with Gasteiger partial charge in [0, 0.05) is 24.4 Å². The maximum Gasteiger partial charge on any atom is 0.0305 e. The van der Waals surface area contributed by atoms with Gasteiger partial charge in [-0.3, -0.25) is 4.98 Å². The molecule has 0 amide bonds. The fourth-order valence-electron chi connectivity index (χ4n) is 2.89. The van der Waals surface area contributed by atoms with E-state index in [0.717, 1.165) is 0 Å². The molecule has 2 nitrogen and oxygen atoms in total. The molecule has 1 aliphatic carbocycles. The lowest BCUT2D eigenvalue weighted by Crippen LogP contribution is -2.31. The Bertz CT molecular complexity index is 335. The van der Waals surface area contributed by atoms with E-state index >= 15 is 0 Å². The number of nitrogens with zero attached hydrogens (tertiary/aromatic N) is 1. The fraction of sp³-hybridized carbons (Fsp3) is 0.643. The lowest BCUT2D eigenvalue weighted by Gasteiger charge is -2.26. The highest BCUT2D eigenvalue weighted by Gasteiger charge is 2.24. The third-order valence-corrected chi connectivity index (χ3v) is 3.87. The van der Waals surface area contributed by atoms with Crippen LogP contribution in [0.15, 0.2) is 18.5 Å². The number of hydrogen-bond donors (Lipinski definition) is 1. The van der Waals surface area contributed by atoms with Crippen molar-refractivity contribution in [1.82, 2.24) is 10.3 Å². The van der Waals surface area contributed by atoms with Crippen LogP contribution in [0.3, 0.4) is 0 Å². The largest absolute Gasteiger partial charge is 0.316 e. The summed E-state index contributed by atoms with van der Waals surface area (Å²) in [5.74, 6) is 0.654. The van der Waals surface area contributed by atoms with Crippen LogP contribution in [0, 0.1) is 6.92 Å². The van der Waals surface area contributed by atoms with E-state index in [0.29, 0.717) is 12.0 Å². The van der Waals surface area contributed by atoms with E-state index in [2.05, 4.69) is 36.5 Å². The Kier molecular flexibility index (Phi) is 3.94. The van der Waals surface area contributed by atoms with Gasteiger partial charge in [0.15, 0.2) is 0 Å². The SMILES string of the molecule is CNC1CCCCCC1c1cnccc1C. The molecule has 2 unspecified atom stereocenters. The third-order valence-electron chi connectivity index (χ3n) is 3.87. The molecule has 2 heteroatoms. The number of nitrogens with one attached hydrogen (secondary N) is 1. The van der Waals surface area contributed by atoms with Gasteiger partial charge in [-0.05, 0) is 44.0 Å². The van der Waals surface area contributed by atoms with Gasteiger partial charge < -0.3 is 5.32 Å². The number of likely N-dealkylation sites (N-methyl/N-ethyl adjacent to an activating group) is 1. The van der Waals surface area contributed by atoms with Crippen LogP contribution >= 0.6 is 0 Å². The smallest absolute Gasteiger partial charge is 0.0305 e. The Morgan fingerprint density at radius 3 is 2.81 bits per heavy atom. The zero-order valence-corrected chi connectivity index (χ0v) is 10.4. The zero-order valence-electron chi connectivity index (χ0n) is 10.4. The van der Waals surface area contributed by atoms with Crippen molar-refractivity contribution < 1.29 is 0 Å². The Balaban J connectivity index is 2.25. The lowest BCUT2D eigenvalue weighted by molar-refractivity contribution is 0.437. The van der Waals surface area contributed by atoms with Crippen LogP contribution in [0.1, 0.15) is 49.1 Å². The average Bonchev–Trinajstić information content (AvgIpc) is 2.54. The van der Waals surface area contributed by atoms with E-state index in [1.807, 2.05) is 6.20 Å². The monoisotopic (exact) mass is 218 g/mol. The molecule has 0 radical (unpaired) electrons. The second-order valence-corrected chi connectivity index (χ2v) is 4.87. The first-order valence-corrected chi connectivity index (χ1v) is 6.40. The summed E-state index contributed by atoms with van der Waals surface area (Å²) in [4.78, 5) is 4.29. The van der Waals surface area contributed by atoms with Crippen molar-refractivity contribution in [3.8, 4) is 0 Å². The molecule has 2 atom stereocenters. The molecule has 1 aromatic rings. The van der Waals surface area contributed by atoms with Crippen LogP contribution in [0.4, 0.5) is 0 Å². The minimum Gasteiger partial charge on any atom is -0.316 e.